The van der Waals surface area contributed by atoms with Crippen molar-refractivity contribution in [3.05, 3.63) is 29.8 Å². The summed E-state index contributed by atoms with van der Waals surface area (Å²) < 4.78 is 5.14. The number of rotatable bonds is 11. The average molecular weight is 417 g/mol. The first-order chi connectivity index (χ1) is 14.5. The van der Waals surface area contributed by atoms with E-state index < -0.39 is 0 Å². The molecule has 1 fully saturated rings. The van der Waals surface area contributed by atoms with E-state index in [0.717, 1.165) is 31.7 Å². The summed E-state index contributed by atoms with van der Waals surface area (Å²) in [6.07, 6.45) is 4.70. The van der Waals surface area contributed by atoms with Crippen LogP contribution in [0.15, 0.2) is 24.3 Å². The lowest BCUT2D eigenvalue weighted by Gasteiger charge is -2.31. The van der Waals surface area contributed by atoms with E-state index in [1.807, 2.05) is 9.80 Å². The first-order valence-electron chi connectivity index (χ1n) is 11.2. The summed E-state index contributed by atoms with van der Waals surface area (Å²) in [7, 11) is 1.60. The van der Waals surface area contributed by atoms with E-state index >= 15 is 0 Å². The highest BCUT2D eigenvalue weighted by molar-refractivity contribution is 5.98. The first-order valence-corrected chi connectivity index (χ1v) is 11.2. The molecule has 6 heteroatoms. The minimum atomic E-state index is -0.0410. The molecule has 6 nitrogen and oxygen atoms in total. The van der Waals surface area contributed by atoms with Crippen LogP contribution in [0.5, 0.6) is 5.75 Å². The van der Waals surface area contributed by atoms with Gasteiger partial charge < -0.3 is 14.5 Å². The fourth-order valence-electron chi connectivity index (χ4n) is 3.99. The maximum absolute atomic E-state index is 12.7. The quantitative estimate of drug-likeness (QED) is 0.513. The molecule has 1 aliphatic heterocycles. The molecular weight excluding hydrogens is 380 g/mol. The number of carbonyl (C=O) groups is 3. The van der Waals surface area contributed by atoms with Gasteiger partial charge in [-0.1, -0.05) is 13.8 Å². The molecule has 1 saturated heterocycles. The standard InChI is InChI=1S/C24H36N2O4/c1-4-15-25(16-5-2)22(27)7-6-8-23(28)26-17-13-20(14-18-26)24(29)19-9-11-21(30-3)12-10-19/h9-12,20H,4-8,13-18H2,1-3H3. The molecule has 0 radical (unpaired) electrons. The van der Waals surface area contributed by atoms with E-state index in [9.17, 15) is 14.4 Å². The van der Waals surface area contributed by atoms with Gasteiger partial charge >= 0.3 is 0 Å². The highest BCUT2D eigenvalue weighted by Gasteiger charge is 2.28. The average Bonchev–Trinajstić information content (AvgIpc) is 2.78. The van der Waals surface area contributed by atoms with Crippen molar-refractivity contribution < 1.29 is 19.1 Å². The number of amides is 2. The zero-order valence-electron chi connectivity index (χ0n) is 18.7. The minimum Gasteiger partial charge on any atom is -0.497 e. The van der Waals surface area contributed by atoms with Gasteiger partial charge in [0.05, 0.1) is 7.11 Å². The van der Waals surface area contributed by atoms with Gasteiger partial charge in [-0.3, -0.25) is 14.4 Å². The predicted octanol–water partition coefficient (Wildman–Crippen LogP) is 3.94. The highest BCUT2D eigenvalue weighted by Crippen LogP contribution is 2.23. The Hall–Kier alpha value is -2.37. The van der Waals surface area contributed by atoms with Crippen LogP contribution >= 0.6 is 0 Å². The van der Waals surface area contributed by atoms with Crippen molar-refractivity contribution in [3.63, 3.8) is 0 Å². The Kier molecular flexibility index (Phi) is 9.84. The molecule has 2 rings (SSSR count). The number of methoxy groups -OCH3 is 1. The summed E-state index contributed by atoms with van der Waals surface area (Å²) >= 11 is 0. The summed E-state index contributed by atoms with van der Waals surface area (Å²) in [5.41, 5.74) is 0.697. The lowest BCUT2D eigenvalue weighted by Crippen LogP contribution is -2.40. The second kappa shape index (κ2) is 12.4. The van der Waals surface area contributed by atoms with Gasteiger partial charge in [0.15, 0.2) is 5.78 Å². The third kappa shape index (κ3) is 6.85. The second-order valence-corrected chi connectivity index (χ2v) is 7.98. The smallest absolute Gasteiger partial charge is 0.222 e. The molecular formula is C24H36N2O4. The van der Waals surface area contributed by atoms with Gasteiger partial charge in [-0.2, -0.15) is 0 Å². The van der Waals surface area contributed by atoms with Crippen LogP contribution in [-0.2, 0) is 9.59 Å². The highest BCUT2D eigenvalue weighted by atomic mass is 16.5. The molecule has 0 atom stereocenters. The Morgan fingerprint density at radius 1 is 1.00 bits per heavy atom. The molecule has 0 bridgehead atoms. The van der Waals surface area contributed by atoms with Crippen molar-refractivity contribution >= 4 is 17.6 Å². The molecule has 0 aliphatic carbocycles. The molecule has 1 aromatic rings. The van der Waals surface area contributed by atoms with E-state index in [1.54, 1.807) is 31.4 Å². The van der Waals surface area contributed by atoms with Crippen LogP contribution < -0.4 is 4.74 Å². The fourth-order valence-corrected chi connectivity index (χ4v) is 3.99. The number of hydrogen-bond donors (Lipinski definition) is 0. The number of Topliss-reactive ketones (excluding diaryl/α,β-unsaturated/α-hetero) is 1. The van der Waals surface area contributed by atoms with Crippen LogP contribution in [0, 0.1) is 5.92 Å². The van der Waals surface area contributed by atoms with E-state index in [2.05, 4.69) is 13.8 Å². The Bertz CT molecular complexity index is 688. The molecule has 1 aromatic carbocycles. The lowest BCUT2D eigenvalue weighted by atomic mass is 9.88. The molecule has 0 N–H and O–H groups in total. The molecule has 166 valence electrons. The Balaban J connectivity index is 1.74. The van der Waals surface area contributed by atoms with Gasteiger partial charge in [0.2, 0.25) is 11.8 Å². The van der Waals surface area contributed by atoms with Gasteiger partial charge in [0.1, 0.15) is 5.75 Å². The molecule has 2 amide bonds. The molecule has 1 aliphatic rings. The van der Waals surface area contributed by atoms with Gasteiger partial charge in [-0.05, 0) is 56.4 Å². The summed E-state index contributed by atoms with van der Waals surface area (Å²) in [5, 5.41) is 0. The van der Waals surface area contributed by atoms with Gasteiger partial charge in [0.25, 0.3) is 0 Å². The molecule has 0 unspecified atom stereocenters. The zero-order chi connectivity index (χ0) is 21.9. The van der Waals surface area contributed by atoms with Crippen LogP contribution in [0.25, 0.3) is 0 Å². The van der Waals surface area contributed by atoms with Crippen molar-refractivity contribution in [2.24, 2.45) is 5.92 Å². The van der Waals surface area contributed by atoms with E-state index in [-0.39, 0.29) is 23.5 Å². The van der Waals surface area contributed by atoms with Crippen LogP contribution in [0.2, 0.25) is 0 Å². The topological polar surface area (TPSA) is 66.9 Å². The number of carbonyl (C=O) groups excluding carboxylic acids is 3. The van der Waals surface area contributed by atoms with Crippen molar-refractivity contribution in [2.45, 2.75) is 58.8 Å². The van der Waals surface area contributed by atoms with Gasteiger partial charge in [0, 0.05) is 50.5 Å². The number of piperidine rings is 1. The summed E-state index contributed by atoms with van der Waals surface area (Å²) in [6, 6.07) is 7.21. The summed E-state index contributed by atoms with van der Waals surface area (Å²) in [5.74, 6) is 1.08. The van der Waals surface area contributed by atoms with Crippen molar-refractivity contribution in [3.8, 4) is 5.75 Å². The maximum Gasteiger partial charge on any atom is 0.222 e. The number of nitrogens with zero attached hydrogens (tertiary/aromatic N) is 2. The van der Waals surface area contributed by atoms with Gasteiger partial charge in [-0.25, -0.2) is 0 Å². The summed E-state index contributed by atoms with van der Waals surface area (Å²) in [6.45, 7) is 6.94. The molecule has 1 heterocycles. The molecule has 0 aromatic heterocycles. The second-order valence-electron chi connectivity index (χ2n) is 7.98. The van der Waals surface area contributed by atoms with Crippen LogP contribution in [0.3, 0.4) is 0 Å². The molecule has 0 spiro atoms. The monoisotopic (exact) mass is 416 g/mol. The summed E-state index contributed by atoms with van der Waals surface area (Å²) in [4.78, 5) is 41.3. The van der Waals surface area contributed by atoms with Gasteiger partial charge in [-0.15, -0.1) is 0 Å². The van der Waals surface area contributed by atoms with Crippen LogP contribution in [0.1, 0.15) is 69.2 Å². The Morgan fingerprint density at radius 3 is 2.13 bits per heavy atom. The number of benzene rings is 1. The number of ketones is 1. The number of ether oxygens (including phenoxy) is 1. The van der Waals surface area contributed by atoms with Crippen LogP contribution in [0.4, 0.5) is 0 Å². The van der Waals surface area contributed by atoms with Crippen molar-refractivity contribution in [1.29, 1.82) is 0 Å². The normalized spacial score (nSPS) is 14.4. The number of hydrogen-bond acceptors (Lipinski definition) is 4. The van der Waals surface area contributed by atoms with Crippen LogP contribution in [-0.4, -0.2) is 60.7 Å². The third-order valence-electron chi connectivity index (χ3n) is 5.71. The van der Waals surface area contributed by atoms with Crippen molar-refractivity contribution in [2.75, 3.05) is 33.3 Å². The number of likely N-dealkylation sites (tertiary alicyclic amines) is 1. The SMILES string of the molecule is CCCN(CCC)C(=O)CCCC(=O)N1CCC(C(=O)c2ccc(OC)cc2)CC1. The molecule has 30 heavy (non-hydrogen) atoms. The Morgan fingerprint density at radius 2 is 1.60 bits per heavy atom. The molecule has 0 saturated carbocycles. The lowest BCUT2D eigenvalue weighted by molar-refractivity contribution is -0.133. The fraction of sp³-hybridized carbons (Fsp3) is 0.625. The largest absolute Gasteiger partial charge is 0.497 e. The van der Waals surface area contributed by atoms with E-state index in [0.29, 0.717) is 50.8 Å². The third-order valence-corrected chi connectivity index (χ3v) is 5.71. The first kappa shape index (κ1) is 23.9. The minimum absolute atomic E-state index is 0.0410. The maximum atomic E-state index is 12.7. The predicted molar refractivity (Wildman–Crippen MR) is 118 cm³/mol. The van der Waals surface area contributed by atoms with E-state index in [1.165, 1.54) is 0 Å². The Labute approximate surface area is 180 Å². The van der Waals surface area contributed by atoms with Crippen molar-refractivity contribution in [1.82, 2.24) is 9.80 Å². The van der Waals surface area contributed by atoms with E-state index in [4.69, 9.17) is 4.74 Å². The zero-order valence-corrected chi connectivity index (χ0v) is 18.7.